The van der Waals surface area contributed by atoms with Gasteiger partial charge >= 0.3 is 12.3 Å². The molecule has 2 aromatic carbocycles. The molecule has 2 aromatic rings. The third kappa shape index (κ3) is 7.54. The summed E-state index contributed by atoms with van der Waals surface area (Å²) >= 11 is 0. The number of hydrogen-bond donors (Lipinski definition) is 0. The Labute approximate surface area is 207 Å². The largest absolute Gasteiger partial charge is 0.429 e. The van der Waals surface area contributed by atoms with Crippen molar-refractivity contribution in [1.82, 2.24) is 0 Å². The Morgan fingerprint density at radius 3 is 2.05 bits per heavy atom. The van der Waals surface area contributed by atoms with E-state index >= 15 is 0 Å². The van der Waals surface area contributed by atoms with E-state index in [0.29, 0.717) is 37.8 Å². The second kappa shape index (κ2) is 11.1. The molecule has 0 radical (unpaired) electrons. The Kier molecular flexibility index (Phi) is 8.74. The van der Waals surface area contributed by atoms with Gasteiger partial charge in [-0.2, -0.15) is 22.0 Å². The van der Waals surface area contributed by atoms with Crippen molar-refractivity contribution in [2.24, 2.45) is 5.92 Å². The second-order valence-electron chi connectivity index (χ2n) is 9.46. The zero-order chi connectivity index (χ0) is 27.6. The fraction of sp³-hybridized carbons (Fsp3) is 0.538. The molecule has 0 N–H and O–H groups in total. The molecule has 1 fully saturated rings. The average Bonchev–Trinajstić information content (AvgIpc) is 2.78. The average molecular weight is 544 g/mol. The van der Waals surface area contributed by atoms with Crippen LogP contribution in [-0.4, -0.2) is 12.1 Å². The molecule has 0 aromatic heterocycles. The standard InChI is InChI=1S/C26H26F10O/c1-2-16-7-10-20(23(29)22(16)28)26(35,36)37-18-8-9-19(21(27)13-18)17-5-3-15(4-6-17)11-12-24(30,31)14-25(32,33)34/h7-10,13,15,17H,2-6,11-12,14H2,1H3. The Morgan fingerprint density at radius 1 is 0.838 bits per heavy atom. The summed E-state index contributed by atoms with van der Waals surface area (Å²) in [7, 11) is 0. The Balaban J connectivity index is 1.61. The molecule has 1 nitrogen and oxygen atoms in total. The van der Waals surface area contributed by atoms with Crippen molar-refractivity contribution in [1.29, 1.82) is 0 Å². The first-order valence-electron chi connectivity index (χ1n) is 11.9. The molecule has 1 aliphatic rings. The van der Waals surface area contributed by atoms with E-state index < -0.39 is 59.8 Å². The van der Waals surface area contributed by atoms with Crippen LogP contribution in [0.15, 0.2) is 30.3 Å². The molecule has 0 heterocycles. The number of ether oxygens (including phenoxy) is 1. The molecule has 0 saturated heterocycles. The van der Waals surface area contributed by atoms with Crippen LogP contribution in [0.2, 0.25) is 0 Å². The summed E-state index contributed by atoms with van der Waals surface area (Å²) in [5.74, 6) is -9.04. The normalized spacial score (nSPS) is 19.2. The zero-order valence-corrected chi connectivity index (χ0v) is 19.9. The van der Waals surface area contributed by atoms with Crippen molar-refractivity contribution < 1.29 is 48.6 Å². The summed E-state index contributed by atoms with van der Waals surface area (Å²) < 4.78 is 140. The van der Waals surface area contributed by atoms with Crippen LogP contribution in [0, 0.1) is 23.4 Å². The van der Waals surface area contributed by atoms with Crippen molar-refractivity contribution in [2.45, 2.75) is 82.4 Å². The molecule has 1 aliphatic carbocycles. The first kappa shape index (κ1) is 29.1. The van der Waals surface area contributed by atoms with Gasteiger partial charge in [0, 0.05) is 12.5 Å². The molecule has 0 amide bonds. The van der Waals surface area contributed by atoms with E-state index in [2.05, 4.69) is 4.74 Å². The van der Waals surface area contributed by atoms with Crippen LogP contribution in [0.5, 0.6) is 5.75 Å². The number of halogens is 10. The minimum Gasteiger partial charge on any atom is -0.429 e. The van der Waals surface area contributed by atoms with Gasteiger partial charge in [-0.1, -0.05) is 19.1 Å². The monoisotopic (exact) mass is 544 g/mol. The van der Waals surface area contributed by atoms with Gasteiger partial charge in [-0.15, -0.1) is 0 Å². The Morgan fingerprint density at radius 2 is 1.49 bits per heavy atom. The van der Waals surface area contributed by atoms with Crippen LogP contribution in [0.3, 0.4) is 0 Å². The van der Waals surface area contributed by atoms with Crippen LogP contribution >= 0.6 is 0 Å². The lowest BCUT2D eigenvalue weighted by atomic mass is 9.76. The summed E-state index contributed by atoms with van der Waals surface area (Å²) in [4.78, 5) is 0. The summed E-state index contributed by atoms with van der Waals surface area (Å²) in [6, 6.07) is 4.74. The van der Waals surface area contributed by atoms with Gasteiger partial charge in [0.2, 0.25) is 0 Å². The van der Waals surface area contributed by atoms with Crippen molar-refractivity contribution in [3.05, 3.63) is 64.5 Å². The molecule has 206 valence electrons. The van der Waals surface area contributed by atoms with Crippen LogP contribution < -0.4 is 4.74 Å². The molecule has 0 aliphatic heterocycles. The summed E-state index contributed by atoms with van der Waals surface area (Å²) in [5.41, 5.74) is -1.22. The maximum absolute atomic E-state index is 14.7. The van der Waals surface area contributed by atoms with E-state index in [1.165, 1.54) is 13.0 Å². The number of alkyl halides is 7. The molecular weight excluding hydrogens is 518 g/mol. The lowest BCUT2D eigenvalue weighted by molar-refractivity contribution is -0.190. The lowest BCUT2D eigenvalue weighted by Crippen LogP contribution is -2.27. The number of benzene rings is 2. The highest BCUT2D eigenvalue weighted by atomic mass is 19.4. The van der Waals surface area contributed by atoms with E-state index in [-0.39, 0.29) is 35.8 Å². The van der Waals surface area contributed by atoms with Crippen molar-refractivity contribution >= 4 is 0 Å². The highest BCUT2D eigenvalue weighted by molar-refractivity contribution is 5.34. The predicted octanol–water partition coefficient (Wildman–Crippen LogP) is 9.44. The fourth-order valence-corrected chi connectivity index (χ4v) is 4.75. The third-order valence-corrected chi connectivity index (χ3v) is 6.74. The van der Waals surface area contributed by atoms with Gasteiger partial charge in [0.15, 0.2) is 11.6 Å². The minimum absolute atomic E-state index is 0.0859. The number of aryl methyl sites for hydroxylation is 1. The SMILES string of the molecule is CCc1ccc(C(F)(F)Oc2ccc(C3CCC(CCC(F)(F)CC(F)(F)F)CC3)c(F)c2)c(F)c1F. The molecule has 0 atom stereocenters. The summed E-state index contributed by atoms with van der Waals surface area (Å²) in [6.07, 6.45) is -10.7. The van der Waals surface area contributed by atoms with Gasteiger partial charge in [-0.05, 0) is 73.6 Å². The van der Waals surface area contributed by atoms with Crippen molar-refractivity contribution in [3.8, 4) is 5.75 Å². The highest BCUT2D eigenvalue weighted by Crippen LogP contribution is 2.42. The Hall–Kier alpha value is -2.46. The molecule has 11 heteroatoms. The van der Waals surface area contributed by atoms with E-state index in [1.54, 1.807) is 0 Å². The van der Waals surface area contributed by atoms with E-state index in [1.807, 2.05) is 0 Å². The molecule has 0 unspecified atom stereocenters. The molecule has 1 saturated carbocycles. The third-order valence-electron chi connectivity index (χ3n) is 6.74. The van der Waals surface area contributed by atoms with Crippen molar-refractivity contribution in [2.75, 3.05) is 0 Å². The van der Waals surface area contributed by atoms with E-state index in [0.717, 1.165) is 12.1 Å². The van der Waals surface area contributed by atoms with Gasteiger partial charge in [0.05, 0.1) is 0 Å². The molecule has 0 bridgehead atoms. The number of rotatable bonds is 9. The molecule has 3 rings (SSSR count). The minimum atomic E-state index is -4.96. The smallest absolute Gasteiger partial charge is 0.429 e. The summed E-state index contributed by atoms with van der Waals surface area (Å²) in [6.45, 7) is 1.53. The fourth-order valence-electron chi connectivity index (χ4n) is 4.75. The van der Waals surface area contributed by atoms with Gasteiger partial charge < -0.3 is 4.74 Å². The van der Waals surface area contributed by atoms with Crippen LogP contribution in [0.4, 0.5) is 43.9 Å². The maximum Gasteiger partial charge on any atom is 0.429 e. The quantitative estimate of drug-likeness (QED) is 0.286. The van der Waals surface area contributed by atoms with E-state index in [9.17, 15) is 43.9 Å². The van der Waals surface area contributed by atoms with E-state index in [4.69, 9.17) is 0 Å². The lowest BCUT2D eigenvalue weighted by Gasteiger charge is -2.30. The van der Waals surface area contributed by atoms with Crippen LogP contribution in [-0.2, 0) is 12.5 Å². The molecule has 0 spiro atoms. The zero-order valence-electron chi connectivity index (χ0n) is 19.9. The summed E-state index contributed by atoms with van der Waals surface area (Å²) in [5, 5.41) is 0. The van der Waals surface area contributed by atoms with Gasteiger partial charge in [0.25, 0.3) is 5.92 Å². The highest BCUT2D eigenvalue weighted by Gasteiger charge is 2.43. The van der Waals surface area contributed by atoms with Gasteiger partial charge in [0.1, 0.15) is 23.6 Å². The second-order valence-corrected chi connectivity index (χ2v) is 9.46. The van der Waals surface area contributed by atoms with Gasteiger partial charge in [-0.25, -0.2) is 22.0 Å². The topological polar surface area (TPSA) is 9.23 Å². The number of hydrogen-bond acceptors (Lipinski definition) is 1. The first-order valence-corrected chi connectivity index (χ1v) is 11.9. The predicted molar refractivity (Wildman–Crippen MR) is 116 cm³/mol. The van der Waals surface area contributed by atoms with Crippen LogP contribution in [0.25, 0.3) is 0 Å². The Bertz CT molecular complexity index is 1070. The molecular formula is C26H26F10O. The van der Waals surface area contributed by atoms with Crippen molar-refractivity contribution in [3.63, 3.8) is 0 Å². The first-order chi connectivity index (χ1) is 17.1. The maximum atomic E-state index is 14.7. The molecule has 37 heavy (non-hydrogen) atoms. The van der Waals surface area contributed by atoms with Gasteiger partial charge in [-0.3, -0.25) is 0 Å². The van der Waals surface area contributed by atoms with Crippen LogP contribution in [0.1, 0.15) is 74.5 Å².